The number of carbonyl (C=O) groups is 2. The fourth-order valence-electron chi connectivity index (χ4n) is 4.26. The number of nitrogens with zero attached hydrogens (tertiary/aromatic N) is 3. The van der Waals surface area contributed by atoms with Crippen LogP contribution < -0.4 is 5.32 Å². The Hall–Kier alpha value is -1.34. The quantitative estimate of drug-likeness (QED) is 0.695. The van der Waals surface area contributed by atoms with Gasteiger partial charge < -0.3 is 19.9 Å². The molecule has 7 nitrogen and oxygen atoms in total. The highest BCUT2D eigenvalue weighted by atomic mass is 16.5. The van der Waals surface area contributed by atoms with Crippen LogP contribution in [-0.2, 0) is 9.53 Å². The molecule has 0 aromatic carbocycles. The molecule has 0 aromatic heterocycles. The van der Waals surface area contributed by atoms with Crippen molar-refractivity contribution in [2.24, 2.45) is 5.92 Å². The van der Waals surface area contributed by atoms with Gasteiger partial charge in [-0.15, -0.1) is 0 Å². The van der Waals surface area contributed by atoms with E-state index >= 15 is 0 Å². The van der Waals surface area contributed by atoms with Crippen molar-refractivity contribution in [1.82, 2.24) is 20.0 Å². The summed E-state index contributed by atoms with van der Waals surface area (Å²) in [6, 6.07) is 0.928. The van der Waals surface area contributed by atoms with E-state index in [-0.39, 0.29) is 17.9 Å². The predicted molar refractivity (Wildman–Crippen MR) is 107 cm³/mol. The number of carbonyl (C=O) groups excluding carboxylic acids is 2. The Labute approximate surface area is 164 Å². The number of hydrogen-bond donors (Lipinski definition) is 1. The fourth-order valence-corrected chi connectivity index (χ4v) is 4.26. The van der Waals surface area contributed by atoms with Crippen molar-refractivity contribution in [2.75, 3.05) is 53.5 Å². The van der Waals surface area contributed by atoms with Gasteiger partial charge in [-0.05, 0) is 32.1 Å². The highest BCUT2D eigenvalue weighted by Gasteiger charge is 2.34. The van der Waals surface area contributed by atoms with Gasteiger partial charge in [-0.25, -0.2) is 4.79 Å². The second-order valence-electron chi connectivity index (χ2n) is 7.95. The van der Waals surface area contributed by atoms with E-state index in [0.717, 1.165) is 65.0 Å². The van der Waals surface area contributed by atoms with Gasteiger partial charge >= 0.3 is 6.03 Å². The van der Waals surface area contributed by atoms with Gasteiger partial charge in [0.25, 0.3) is 0 Å². The van der Waals surface area contributed by atoms with Crippen LogP contribution in [0.15, 0.2) is 0 Å². The smallest absolute Gasteiger partial charge is 0.319 e. The average Bonchev–Trinajstić information content (AvgIpc) is 3.15. The van der Waals surface area contributed by atoms with Crippen LogP contribution in [0.1, 0.15) is 46.0 Å². The van der Waals surface area contributed by atoms with Crippen LogP contribution >= 0.6 is 0 Å². The first-order valence-electron chi connectivity index (χ1n) is 10.5. The molecule has 2 saturated heterocycles. The molecule has 156 valence electrons. The van der Waals surface area contributed by atoms with Crippen LogP contribution in [0.4, 0.5) is 4.79 Å². The molecule has 2 heterocycles. The minimum atomic E-state index is 0.0893. The van der Waals surface area contributed by atoms with Crippen molar-refractivity contribution in [3.8, 4) is 0 Å². The molecule has 0 aromatic rings. The van der Waals surface area contributed by atoms with Gasteiger partial charge in [0, 0.05) is 71.5 Å². The Kier molecular flexibility index (Phi) is 8.83. The topological polar surface area (TPSA) is 65.1 Å². The number of ether oxygens (including phenoxy) is 1. The molecule has 0 saturated carbocycles. The Balaban J connectivity index is 1.94. The van der Waals surface area contributed by atoms with Gasteiger partial charge in [0.05, 0.1) is 0 Å². The first kappa shape index (κ1) is 22.0. The van der Waals surface area contributed by atoms with Gasteiger partial charge in [-0.2, -0.15) is 0 Å². The zero-order chi connectivity index (χ0) is 19.8. The summed E-state index contributed by atoms with van der Waals surface area (Å²) in [7, 11) is 3.61. The second kappa shape index (κ2) is 10.9. The number of likely N-dealkylation sites (tertiary alicyclic amines) is 1. The summed E-state index contributed by atoms with van der Waals surface area (Å²) >= 11 is 0. The molecule has 2 aliphatic heterocycles. The van der Waals surface area contributed by atoms with E-state index in [2.05, 4.69) is 24.1 Å². The van der Waals surface area contributed by atoms with Crippen molar-refractivity contribution in [3.05, 3.63) is 0 Å². The lowest BCUT2D eigenvalue weighted by molar-refractivity contribution is -0.125. The minimum Gasteiger partial charge on any atom is -0.381 e. The Morgan fingerprint density at radius 1 is 1.11 bits per heavy atom. The van der Waals surface area contributed by atoms with Crippen LogP contribution in [0, 0.1) is 5.92 Å². The molecular weight excluding hydrogens is 344 g/mol. The van der Waals surface area contributed by atoms with Crippen molar-refractivity contribution in [1.29, 1.82) is 0 Å². The van der Waals surface area contributed by atoms with Gasteiger partial charge in [0.1, 0.15) is 0 Å². The molecule has 2 rings (SSSR count). The maximum absolute atomic E-state index is 12.3. The van der Waals surface area contributed by atoms with Crippen molar-refractivity contribution >= 4 is 11.9 Å². The Morgan fingerprint density at radius 2 is 1.78 bits per heavy atom. The molecule has 0 radical (unpaired) electrons. The Morgan fingerprint density at radius 3 is 2.37 bits per heavy atom. The van der Waals surface area contributed by atoms with Crippen molar-refractivity contribution in [3.63, 3.8) is 0 Å². The molecular formula is C20H38N4O3. The molecule has 27 heavy (non-hydrogen) atoms. The van der Waals surface area contributed by atoms with E-state index in [4.69, 9.17) is 4.74 Å². The SMILES string of the molecule is CCC(CC)C(=O)NCCN(C1CCOCC1)C1CCN(C(=O)N(C)C)C1. The summed E-state index contributed by atoms with van der Waals surface area (Å²) in [5.41, 5.74) is 0. The fraction of sp³-hybridized carbons (Fsp3) is 0.900. The van der Waals surface area contributed by atoms with E-state index in [0.29, 0.717) is 18.6 Å². The lowest BCUT2D eigenvalue weighted by atomic mass is 10.0. The van der Waals surface area contributed by atoms with Gasteiger partial charge in [-0.3, -0.25) is 9.69 Å². The van der Waals surface area contributed by atoms with E-state index in [1.54, 1.807) is 19.0 Å². The van der Waals surface area contributed by atoms with Crippen LogP contribution in [0.3, 0.4) is 0 Å². The maximum atomic E-state index is 12.3. The number of urea groups is 1. The summed E-state index contributed by atoms with van der Waals surface area (Å²) in [5, 5.41) is 3.13. The molecule has 1 N–H and O–H groups in total. The largest absolute Gasteiger partial charge is 0.381 e. The number of amides is 3. The zero-order valence-corrected chi connectivity index (χ0v) is 17.6. The third-order valence-electron chi connectivity index (χ3n) is 5.97. The molecule has 0 spiro atoms. The van der Waals surface area contributed by atoms with E-state index in [9.17, 15) is 9.59 Å². The molecule has 2 aliphatic rings. The molecule has 7 heteroatoms. The normalized spacial score (nSPS) is 21.1. The van der Waals surface area contributed by atoms with Crippen molar-refractivity contribution in [2.45, 2.75) is 58.0 Å². The standard InChI is InChI=1S/C20H38N4O3/c1-5-16(6-2)19(25)21-10-12-24(17-8-13-27-14-9-17)18-7-11-23(15-18)20(26)22(3)4/h16-18H,5-15H2,1-4H3,(H,21,25). The van der Waals surface area contributed by atoms with E-state index < -0.39 is 0 Å². The monoisotopic (exact) mass is 382 g/mol. The zero-order valence-electron chi connectivity index (χ0n) is 17.6. The Bertz CT molecular complexity index is 476. The lowest BCUT2D eigenvalue weighted by Gasteiger charge is -2.38. The molecule has 0 aliphatic carbocycles. The van der Waals surface area contributed by atoms with Crippen LogP contribution in [-0.4, -0.2) is 92.2 Å². The highest BCUT2D eigenvalue weighted by molar-refractivity contribution is 5.78. The number of rotatable bonds is 8. The third-order valence-corrected chi connectivity index (χ3v) is 5.97. The third kappa shape index (κ3) is 6.07. The number of hydrogen-bond acceptors (Lipinski definition) is 4. The molecule has 0 bridgehead atoms. The molecule has 1 unspecified atom stereocenters. The summed E-state index contributed by atoms with van der Waals surface area (Å²) in [4.78, 5) is 30.7. The van der Waals surface area contributed by atoms with Gasteiger partial charge in [0.15, 0.2) is 0 Å². The highest BCUT2D eigenvalue weighted by Crippen LogP contribution is 2.23. The lowest BCUT2D eigenvalue weighted by Crippen LogP contribution is -2.50. The maximum Gasteiger partial charge on any atom is 0.319 e. The van der Waals surface area contributed by atoms with Gasteiger partial charge in [0.2, 0.25) is 5.91 Å². The summed E-state index contributed by atoms with van der Waals surface area (Å²) in [6.45, 7) is 8.82. The van der Waals surface area contributed by atoms with E-state index in [1.165, 1.54) is 0 Å². The van der Waals surface area contributed by atoms with Crippen molar-refractivity contribution < 1.29 is 14.3 Å². The van der Waals surface area contributed by atoms with Crippen LogP contribution in [0.5, 0.6) is 0 Å². The summed E-state index contributed by atoms with van der Waals surface area (Å²) < 4.78 is 5.54. The van der Waals surface area contributed by atoms with E-state index in [1.807, 2.05) is 4.90 Å². The molecule has 3 amide bonds. The average molecular weight is 383 g/mol. The minimum absolute atomic E-state index is 0.0893. The van der Waals surface area contributed by atoms with Gasteiger partial charge in [-0.1, -0.05) is 13.8 Å². The first-order chi connectivity index (χ1) is 13.0. The first-order valence-corrected chi connectivity index (χ1v) is 10.5. The number of nitrogens with one attached hydrogen (secondary N) is 1. The second-order valence-corrected chi connectivity index (χ2v) is 7.95. The van der Waals surface area contributed by atoms with Crippen LogP contribution in [0.2, 0.25) is 0 Å². The summed E-state index contributed by atoms with van der Waals surface area (Å²) in [5.74, 6) is 0.281. The predicted octanol–water partition coefficient (Wildman–Crippen LogP) is 1.78. The summed E-state index contributed by atoms with van der Waals surface area (Å²) in [6.07, 6.45) is 4.82. The molecule has 1 atom stereocenters. The molecule has 2 fully saturated rings. The van der Waals surface area contributed by atoms with Crippen LogP contribution in [0.25, 0.3) is 0 Å².